The van der Waals surface area contributed by atoms with E-state index in [0.717, 1.165) is 19.3 Å². The molecule has 2 heteroatoms. The summed E-state index contributed by atoms with van der Waals surface area (Å²) < 4.78 is 0. The minimum absolute atomic E-state index is 0.412. The third-order valence-corrected chi connectivity index (χ3v) is 4.02. The quantitative estimate of drug-likeness (QED) is 0.413. The zero-order valence-electron chi connectivity index (χ0n) is 13.4. The maximum Gasteiger partial charge on any atom is 0.0276 e. The van der Waals surface area contributed by atoms with Crippen molar-refractivity contribution in [1.82, 2.24) is 0 Å². The van der Waals surface area contributed by atoms with E-state index in [-0.39, 0.29) is 0 Å². The Labute approximate surface area is 124 Å². The molecule has 0 spiro atoms. The number of nitrogens with zero attached hydrogens (tertiary/aromatic N) is 1. The van der Waals surface area contributed by atoms with Gasteiger partial charge in [-0.1, -0.05) is 38.2 Å². The molecule has 0 aromatic carbocycles. The van der Waals surface area contributed by atoms with Crippen LogP contribution in [0.2, 0.25) is 0 Å². The molecule has 0 heterocycles. The van der Waals surface area contributed by atoms with Gasteiger partial charge >= 0.3 is 0 Å². The molecule has 1 unspecified atom stereocenters. The van der Waals surface area contributed by atoms with Crippen LogP contribution in [0.4, 0.5) is 0 Å². The van der Waals surface area contributed by atoms with Gasteiger partial charge in [-0.3, -0.25) is 4.99 Å². The highest BCUT2D eigenvalue weighted by Crippen LogP contribution is 2.23. The van der Waals surface area contributed by atoms with Crippen LogP contribution >= 0.6 is 11.8 Å². The van der Waals surface area contributed by atoms with E-state index >= 15 is 0 Å². The fourth-order valence-corrected chi connectivity index (χ4v) is 2.15. The van der Waals surface area contributed by atoms with Gasteiger partial charge in [0.25, 0.3) is 0 Å². The lowest BCUT2D eigenvalue weighted by Crippen LogP contribution is -2.13. The van der Waals surface area contributed by atoms with Gasteiger partial charge in [0.2, 0.25) is 0 Å². The Hall–Kier alpha value is -0.760. The zero-order chi connectivity index (χ0) is 14.7. The smallest absolute Gasteiger partial charge is 0.0276 e. The van der Waals surface area contributed by atoms with Gasteiger partial charge in [-0.25, -0.2) is 0 Å². The first kappa shape index (κ1) is 18.2. The molecule has 0 saturated carbocycles. The van der Waals surface area contributed by atoms with Gasteiger partial charge in [0.05, 0.1) is 0 Å². The molecule has 0 N–H and O–H groups in total. The second-order valence-corrected chi connectivity index (χ2v) is 5.65. The highest BCUT2D eigenvalue weighted by Gasteiger charge is 2.14. The van der Waals surface area contributed by atoms with Crippen LogP contribution in [0.5, 0.6) is 0 Å². The summed E-state index contributed by atoms with van der Waals surface area (Å²) in [7, 11) is 1.89. The average Bonchev–Trinajstić information content (AvgIpc) is 2.43. The van der Waals surface area contributed by atoms with E-state index in [1.807, 2.05) is 18.8 Å². The minimum atomic E-state index is 0.412. The molecule has 1 nitrogen and oxygen atoms in total. The molecule has 1 atom stereocenters. The van der Waals surface area contributed by atoms with Crippen molar-refractivity contribution < 1.29 is 0 Å². The van der Waals surface area contributed by atoms with Gasteiger partial charge in [0, 0.05) is 18.7 Å². The molecular formula is C17H29NS. The summed E-state index contributed by atoms with van der Waals surface area (Å²) in [6.45, 7) is 8.67. The second kappa shape index (κ2) is 11.1. The largest absolute Gasteiger partial charge is 0.297 e. The predicted molar refractivity (Wildman–Crippen MR) is 92.2 cm³/mol. The number of rotatable bonds is 8. The van der Waals surface area contributed by atoms with E-state index < -0.39 is 0 Å². The molecule has 0 aromatic rings. The lowest BCUT2D eigenvalue weighted by molar-refractivity contribution is 0.824. The van der Waals surface area contributed by atoms with Crippen LogP contribution in [-0.4, -0.2) is 19.0 Å². The monoisotopic (exact) mass is 279 g/mol. The summed E-state index contributed by atoms with van der Waals surface area (Å²) in [4.78, 5) is 5.79. The molecule has 0 amide bonds. The molecule has 19 heavy (non-hydrogen) atoms. The fourth-order valence-electron chi connectivity index (χ4n) is 1.89. The summed E-state index contributed by atoms with van der Waals surface area (Å²) in [5, 5.41) is 0. The molecule has 0 aromatic heterocycles. The maximum absolute atomic E-state index is 4.41. The van der Waals surface area contributed by atoms with Crippen molar-refractivity contribution in [2.75, 3.05) is 13.3 Å². The normalized spacial score (nSPS) is 16.2. The van der Waals surface area contributed by atoms with Crippen molar-refractivity contribution in [2.24, 2.45) is 10.9 Å². The molecule has 108 valence electrons. The van der Waals surface area contributed by atoms with Crippen LogP contribution in [0.25, 0.3) is 0 Å². The highest BCUT2D eigenvalue weighted by molar-refractivity contribution is 8.02. The Balaban J connectivity index is 5.20. The lowest BCUT2D eigenvalue weighted by Gasteiger charge is -2.17. The molecule has 0 rings (SSSR count). The molecule has 0 bridgehead atoms. The average molecular weight is 279 g/mol. The Morgan fingerprint density at radius 3 is 2.32 bits per heavy atom. The summed E-state index contributed by atoms with van der Waals surface area (Å²) in [6, 6.07) is 0. The zero-order valence-corrected chi connectivity index (χ0v) is 14.2. The molecule has 0 saturated heterocycles. The Morgan fingerprint density at radius 2 is 1.84 bits per heavy atom. The summed E-state index contributed by atoms with van der Waals surface area (Å²) in [5.74, 6) is 0.412. The van der Waals surface area contributed by atoms with Crippen LogP contribution in [0, 0.1) is 5.92 Å². The van der Waals surface area contributed by atoms with Gasteiger partial charge in [-0.05, 0) is 49.8 Å². The highest BCUT2D eigenvalue weighted by atomic mass is 32.2. The van der Waals surface area contributed by atoms with Crippen molar-refractivity contribution in [2.45, 2.75) is 47.0 Å². The van der Waals surface area contributed by atoms with Crippen LogP contribution < -0.4 is 0 Å². The first-order chi connectivity index (χ1) is 9.10. The van der Waals surface area contributed by atoms with E-state index in [0.29, 0.717) is 5.92 Å². The first-order valence-corrected chi connectivity index (χ1v) is 8.33. The number of hydrogen-bond donors (Lipinski definition) is 0. The number of allylic oxidation sites excluding steroid dienone is 6. The fraction of sp³-hybridized carbons (Fsp3) is 0.588. The topological polar surface area (TPSA) is 12.4 Å². The van der Waals surface area contributed by atoms with Crippen molar-refractivity contribution in [3.63, 3.8) is 0 Å². The van der Waals surface area contributed by atoms with Crippen molar-refractivity contribution in [1.29, 1.82) is 0 Å². The maximum atomic E-state index is 4.41. The van der Waals surface area contributed by atoms with Crippen LogP contribution in [-0.2, 0) is 0 Å². The summed E-state index contributed by atoms with van der Waals surface area (Å²) in [5.41, 5.74) is 2.61. The van der Waals surface area contributed by atoms with Gasteiger partial charge in [-0.15, -0.1) is 11.8 Å². The number of hydrogen-bond acceptors (Lipinski definition) is 2. The van der Waals surface area contributed by atoms with Gasteiger partial charge < -0.3 is 0 Å². The Morgan fingerprint density at radius 1 is 1.16 bits per heavy atom. The van der Waals surface area contributed by atoms with E-state index in [1.165, 1.54) is 16.2 Å². The van der Waals surface area contributed by atoms with Crippen molar-refractivity contribution >= 4 is 17.5 Å². The van der Waals surface area contributed by atoms with Gasteiger partial charge in [0.1, 0.15) is 0 Å². The van der Waals surface area contributed by atoms with E-state index in [9.17, 15) is 0 Å². The van der Waals surface area contributed by atoms with E-state index in [4.69, 9.17) is 0 Å². The SMILES string of the molecule is CC/C=C\C(=C/CC)C(C/C=C(\C)SC)/C(C)=N/C. The number of aliphatic imine (C=N–C) groups is 1. The molecule has 0 aliphatic heterocycles. The molecule has 0 fully saturated rings. The van der Waals surface area contributed by atoms with Crippen LogP contribution in [0.3, 0.4) is 0 Å². The summed E-state index contributed by atoms with van der Waals surface area (Å²) >= 11 is 1.81. The third-order valence-electron chi connectivity index (χ3n) is 3.21. The van der Waals surface area contributed by atoms with E-state index in [2.05, 4.69) is 63.2 Å². The number of thioether (sulfide) groups is 1. The van der Waals surface area contributed by atoms with Crippen molar-refractivity contribution in [3.05, 3.63) is 34.8 Å². The molecular weight excluding hydrogens is 250 g/mol. The minimum Gasteiger partial charge on any atom is -0.297 e. The Bertz CT molecular complexity index is 361. The van der Waals surface area contributed by atoms with Gasteiger partial charge in [0.15, 0.2) is 0 Å². The standard InChI is InChI=1S/C17H29NS/c1-7-9-11-16(10-8-2)17(15(4)18-5)13-12-14(3)19-6/h9-12,17H,7-8,13H2,1-6H3/b11-9-,14-12+,16-10+,18-15+. The second-order valence-electron chi connectivity index (χ2n) is 4.60. The van der Waals surface area contributed by atoms with Crippen molar-refractivity contribution in [3.8, 4) is 0 Å². The van der Waals surface area contributed by atoms with E-state index in [1.54, 1.807) is 0 Å². The molecule has 0 radical (unpaired) electrons. The Kier molecular flexibility index (Phi) is 10.7. The van der Waals surface area contributed by atoms with Gasteiger partial charge in [-0.2, -0.15) is 0 Å². The third kappa shape index (κ3) is 7.41. The van der Waals surface area contributed by atoms with Crippen LogP contribution in [0.15, 0.2) is 39.8 Å². The first-order valence-electron chi connectivity index (χ1n) is 7.11. The molecule has 0 aliphatic carbocycles. The molecule has 0 aliphatic rings. The van der Waals surface area contributed by atoms with Crippen LogP contribution in [0.1, 0.15) is 47.0 Å². The summed E-state index contributed by atoms with van der Waals surface area (Å²) in [6.07, 6.45) is 14.5. The predicted octanol–water partition coefficient (Wildman–Crippen LogP) is 5.65. The lowest BCUT2D eigenvalue weighted by atomic mass is 9.89.